The molecule has 0 amide bonds. The third-order valence-corrected chi connectivity index (χ3v) is 6.01. The van der Waals surface area contributed by atoms with Gasteiger partial charge in [-0.1, -0.05) is 48.5 Å². The van der Waals surface area contributed by atoms with Crippen LogP contribution in [0.5, 0.6) is 17.4 Å². The van der Waals surface area contributed by atoms with Crippen LogP contribution in [0.25, 0.3) is 0 Å². The smallest absolute Gasteiger partial charge is 0.263 e. The zero-order valence-corrected chi connectivity index (χ0v) is 19.1. The molecule has 0 spiro atoms. The molecule has 0 aliphatic carbocycles. The van der Waals surface area contributed by atoms with E-state index in [1.807, 2.05) is 60.7 Å². The molecule has 32 heavy (non-hydrogen) atoms. The molecule has 0 atom stereocenters. The number of anilines is 1. The Hall–Kier alpha value is -3.43. The summed E-state index contributed by atoms with van der Waals surface area (Å²) < 4.78 is 40.1. The number of nitrogens with one attached hydrogen (secondary N) is 1. The van der Waals surface area contributed by atoms with E-state index in [1.54, 1.807) is 12.1 Å². The number of nitrogens with zero attached hydrogens (tertiary/aromatic N) is 2. The molecule has 1 aromatic heterocycles. The Balaban J connectivity index is 1.50. The van der Waals surface area contributed by atoms with E-state index >= 15 is 0 Å². The molecule has 0 unspecified atom stereocenters. The van der Waals surface area contributed by atoms with Crippen molar-refractivity contribution in [3.8, 4) is 17.4 Å². The van der Waals surface area contributed by atoms with Gasteiger partial charge in [0.05, 0.1) is 11.1 Å². The number of hydrogen-bond acceptors (Lipinski definition) is 6. The Morgan fingerprint density at radius 1 is 0.844 bits per heavy atom. The van der Waals surface area contributed by atoms with Crippen LogP contribution in [0.4, 0.5) is 5.82 Å². The van der Waals surface area contributed by atoms with Crippen molar-refractivity contribution in [2.45, 2.75) is 11.5 Å². The molecule has 9 heteroatoms. The fourth-order valence-corrected chi connectivity index (χ4v) is 4.02. The summed E-state index contributed by atoms with van der Waals surface area (Å²) in [5.74, 6) is 1.24. The van der Waals surface area contributed by atoms with Crippen LogP contribution >= 0.6 is 15.9 Å². The molecule has 4 aromatic rings. The van der Waals surface area contributed by atoms with Crippen LogP contribution in [0.15, 0.2) is 101 Å². The van der Waals surface area contributed by atoms with Crippen LogP contribution in [-0.2, 0) is 16.6 Å². The van der Waals surface area contributed by atoms with E-state index in [1.165, 1.54) is 18.3 Å². The van der Waals surface area contributed by atoms with Crippen molar-refractivity contribution in [1.82, 2.24) is 9.97 Å². The number of hydrogen-bond donors (Lipinski definition) is 1. The molecule has 4 rings (SSSR count). The minimum absolute atomic E-state index is 0.00579. The van der Waals surface area contributed by atoms with Gasteiger partial charge < -0.3 is 9.47 Å². The maximum atomic E-state index is 12.9. The first-order chi connectivity index (χ1) is 15.5. The normalized spacial score (nSPS) is 11.0. The summed E-state index contributed by atoms with van der Waals surface area (Å²) >= 11 is 3.24. The lowest BCUT2D eigenvalue weighted by molar-refractivity contribution is 0.294. The highest BCUT2D eigenvalue weighted by Crippen LogP contribution is 2.27. The summed E-state index contributed by atoms with van der Waals surface area (Å²) in [7, 11) is -3.92. The third-order valence-electron chi connectivity index (χ3n) is 4.27. The monoisotopic (exact) mass is 511 g/mol. The summed E-state index contributed by atoms with van der Waals surface area (Å²) in [6.07, 6.45) is 1.39. The third kappa shape index (κ3) is 5.63. The minimum Gasteiger partial charge on any atom is -0.470 e. The molecule has 0 radical (unpaired) electrons. The number of benzene rings is 3. The Morgan fingerprint density at radius 3 is 2.16 bits per heavy atom. The predicted octanol–water partition coefficient (Wildman–Crippen LogP) is 5.41. The van der Waals surface area contributed by atoms with Gasteiger partial charge in [-0.3, -0.25) is 4.72 Å². The fraction of sp³-hybridized carbons (Fsp3) is 0.0435. The number of para-hydroxylation sites is 1. The number of aromatic nitrogens is 2. The van der Waals surface area contributed by atoms with Gasteiger partial charge in [-0.05, 0) is 57.9 Å². The SMILES string of the molecule is O=S(=O)(Nc1ncc(Br)nc1OCc1ccccc1)c1ccc(Oc2ccccc2)cc1. The van der Waals surface area contributed by atoms with Crippen LogP contribution in [0.3, 0.4) is 0 Å². The van der Waals surface area contributed by atoms with E-state index in [-0.39, 0.29) is 23.2 Å². The second-order valence-corrected chi connectivity index (χ2v) is 9.11. The summed E-state index contributed by atoms with van der Waals surface area (Å²) in [4.78, 5) is 8.39. The lowest BCUT2D eigenvalue weighted by Crippen LogP contribution is -2.15. The van der Waals surface area contributed by atoms with Gasteiger partial charge >= 0.3 is 0 Å². The van der Waals surface area contributed by atoms with Crippen molar-refractivity contribution in [2.24, 2.45) is 0 Å². The standard InChI is InChI=1S/C23H18BrN3O4S/c24-21-15-25-22(23(26-21)30-16-17-7-3-1-4-8-17)27-32(28,29)20-13-11-19(12-14-20)31-18-9-5-2-6-10-18/h1-15H,16H2,(H,25,27). The second-order valence-electron chi connectivity index (χ2n) is 6.61. The van der Waals surface area contributed by atoms with Gasteiger partial charge in [0.1, 0.15) is 22.7 Å². The topological polar surface area (TPSA) is 90.4 Å². The van der Waals surface area contributed by atoms with E-state index < -0.39 is 10.0 Å². The predicted molar refractivity (Wildman–Crippen MR) is 124 cm³/mol. The Labute approximate surface area is 194 Å². The van der Waals surface area contributed by atoms with E-state index in [0.29, 0.717) is 16.1 Å². The van der Waals surface area contributed by atoms with Crippen LogP contribution in [0.1, 0.15) is 5.56 Å². The van der Waals surface area contributed by atoms with Crippen molar-refractivity contribution in [2.75, 3.05) is 4.72 Å². The second kappa shape index (κ2) is 9.80. The van der Waals surface area contributed by atoms with Crippen LogP contribution in [0, 0.1) is 0 Å². The lowest BCUT2D eigenvalue weighted by atomic mass is 10.2. The molecule has 0 bridgehead atoms. The zero-order valence-electron chi connectivity index (χ0n) is 16.7. The van der Waals surface area contributed by atoms with Crippen LogP contribution in [-0.4, -0.2) is 18.4 Å². The van der Waals surface area contributed by atoms with Gasteiger partial charge in [0, 0.05) is 0 Å². The van der Waals surface area contributed by atoms with Crippen molar-refractivity contribution in [3.05, 3.63) is 101 Å². The number of rotatable bonds is 8. The van der Waals surface area contributed by atoms with Crippen molar-refractivity contribution in [1.29, 1.82) is 0 Å². The van der Waals surface area contributed by atoms with Crippen molar-refractivity contribution in [3.63, 3.8) is 0 Å². The molecular weight excluding hydrogens is 494 g/mol. The van der Waals surface area contributed by atoms with Crippen LogP contribution in [0.2, 0.25) is 0 Å². The molecule has 0 saturated heterocycles. The van der Waals surface area contributed by atoms with Gasteiger partial charge in [0.25, 0.3) is 15.9 Å². The van der Waals surface area contributed by atoms with E-state index in [2.05, 4.69) is 30.6 Å². The zero-order chi connectivity index (χ0) is 22.4. The molecular formula is C23H18BrN3O4S. The van der Waals surface area contributed by atoms with Gasteiger partial charge in [0.2, 0.25) is 5.82 Å². The van der Waals surface area contributed by atoms with Gasteiger partial charge in [0.15, 0.2) is 0 Å². The molecule has 3 aromatic carbocycles. The first-order valence-electron chi connectivity index (χ1n) is 9.55. The molecule has 0 fully saturated rings. The lowest BCUT2D eigenvalue weighted by Gasteiger charge is -2.12. The number of sulfonamides is 1. The number of halogens is 1. The summed E-state index contributed by atoms with van der Waals surface area (Å²) in [5.41, 5.74) is 0.914. The largest absolute Gasteiger partial charge is 0.470 e. The molecule has 0 aliphatic rings. The van der Waals surface area contributed by atoms with Crippen molar-refractivity contribution < 1.29 is 17.9 Å². The highest BCUT2D eigenvalue weighted by molar-refractivity contribution is 9.10. The Kier molecular flexibility index (Phi) is 6.67. The highest BCUT2D eigenvalue weighted by Gasteiger charge is 2.19. The summed E-state index contributed by atoms with van der Waals surface area (Å²) in [6.45, 7) is 0.215. The van der Waals surface area contributed by atoms with E-state index in [4.69, 9.17) is 9.47 Å². The highest BCUT2D eigenvalue weighted by atomic mass is 79.9. The average Bonchev–Trinajstić information content (AvgIpc) is 2.81. The quantitative estimate of drug-likeness (QED) is 0.340. The molecule has 7 nitrogen and oxygen atoms in total. The average molecular weight is 512 g/mol. The summed E-state index contributed by atoms with van der Waals surface area (Å²) in [6, 6.07) is 24.8. The molecule has 162 valence electrons. The fourth-order valence-electron chi connectivity index (χ4n) is 2.75. The van der Waals surface area contributed by atoms with Gasteiger partial charge in [-0.2, -0.15) is 0 Å². The first kappa shape index (κ1) is 21.8. The maximum Gasteiger partial charge on any atom is 0.263 e. The van der Waals surface area contributed by atoms with E-state index in [0.717, 1.165) is 5.56 Å². The van der Waals surface area contributed by atoms with Gasteiger partial charge in [-0.25, -0.2) is 18.4 Å². The molecule has 1 heterocycles. The molecule has 1 N–H and O–H groups in total. The molecule has 0 saturated carbocycles. The first-order valence-corrected chi connectivity index (χ1v) is 11.8. The Morgan fingerprint density at radius 2 is 1.47 bits per heavy atom. The van der Waals surface area contributed by atoms with Crippen molar-refractivity contribution >= 4 is 31.8 Å². The summed E-state index contributed by atoms with van der Waals surface area (Å²) in [5, 5.41) is 0. The molecule has 0 aliphatic heterocycles. The minimum atomic E-state index is -3.92. The Bertz CT molecular complexity index is 1290. The maximum absolute atomic E-state index is 12.9. The number of ether oxygens (including phenoxy) is 2. The van der Waals surface area contributed by atoms with E-state index in [9.17, 15) is 8.42 Å². The van der Waals surface area contributed by atoms with Gasteiger partial charge in [-0.15, -0.1) is 0 Å². The van der Waals surface area contributed by atoms with Crippen LogP contribution < -0.4 is 14.2 Å².